The quantitative estimate of drug-likeness (QED) is 0.349. The van der Waals surface area contributed by atoms with E-state index < -0.39 is 28.5 Å². The van der Waals surface area contributed by atoms with Crippen molar-refractivity contribution in [1.29, 1.82) is 0 Å². The summed E-state index contributed by atoms with van der Waals surface area (Å²) in [4.78, 5) is 28.3. The molecule has 0 spiro atoms. The molecular formula is C28H32BrN3O4S. The van der Waals surface area contributed by atoms with Crippen LogP contribution in [-0.4, -0.2) is 44.3 Å². The molecule has 3 rings (SSSR count). The van der Waals surface area contributed by atoms with Crippen molar-refractivity contribution in [2.24, 2.45) is 5.92 Å². The molecule has 3 aromatic rings. The molecule has 0 aromatic heterocycles. The summed E-state index contributed by atoms with van der Waals surface area (Å²) in [6.45, 7) is 5.80. The van der Waals surface area contributed by atoms with Crippen molar-refractivity contribution in [2.75, 3.05) is 17.4 Å². The van der Waals surface area contributed by atoms with Gasteiger partial charge in [0.1, 0.15) is 12.6 Å². The van der Waals surface area contributed by atoms with Crippen molar-refractivity contribution < 1.29 is 18.0 Å². The zero-order valence-corrected chi connectivity index (χ0v) is 23.6. The highest BCUT2D eigenvalue weighted by molar-refractivity contribution is 9.10. The first-order valence-corrected chi connectivity index (χ1v) is 14.3. The Kier molecular flexibility index (Phi) is 9.88. The highest BCUT2D eigenvalue weighted by Gasteiger charge is 2.32. The molecular weight excluding hydrogens is 554 g/mol. The van der Waals surface area contributed by atoms with E-state index >= 15 is 0 Å². The number of anilines is 1. The van der Waals surface area contributed by atoms with E-state index in [0.717, 1.165) is 14.3 Å². The van der Waals surface area contributed by atoms with Gasteiger partial charge in [-0.3, -0.25) is 13.9 Å². The van der Waals surface area contributed by atoms with Crippen molar-refractivity contribution in [2.45, 2.75) is 38.3 Å². The summed E-state index contributed by atoms with van der Waals surface area (Å²) >= 11 is 3.41. The second-order valence-corrected chi connectivity index (χ2v) is 11.9. The Morgan fingerprint density at radius 2 is 1.43 bits per heavy atom. The Hall–Kier alpha value is -3.17. The smallest absolute Gasteiger partial charge is 0.264 e. The van der Waals surface area contributed by atoms with Crippen LogP contribution in [0, 0.1) is 5.92 Å². The Morgan fingerprint density at radius 1 is 0.865 bits per heavy atom. The van der Waals surface area contributed by atoms with Gasteiger partial charge in [0, 0.05) is 17.6 Å². The molecule has 196 valence electrons. The first-order valence-electron chi connectivity index (χ1n) is 12.0. The fourth-order valence-electron chi connectivity index (χ4n) is 3.66. The number of hydrogen-bond acceptors (Lipinski definition) is 4. The van der Waals surface area contributed by atoms with Gasteiger partial charge >= 0.3 is 0 Å². The van der Waals surface area contributed by atoms with E-state index in [1.807, 2.05) is 38.1 Å². The molecule has 7 nitrogen and oxygen atoms in total. The largest absolute Gasteiger partial charge is 0.354 e. The number of nitrogens with zero attached hydrogens (tertiary/aromatic N) is 2. The van der Waals surface area contributed by atoms with Gasteiger partial charge < -0.3 is 10.2 Å². The van der Waals surface area contributed by atoms with Gasteiger partial charge in [-0.2, -0.15) is 0 Å². The van der Waals surface area contributed by atoms with Crippen molar-refractivity contribution >= 4 is 43.5 Å². The van der Waals surface area contributed by atoms with E-state index in [1.54, 1.807) is 55.5 Å². The molecule has 9 heteroatoms. The summed E-state index contributed by atoms with van der Waals surface area (Å²) in [6.07, 6.45) is 0. The summed E-state index contributed by atoms with van der Waals surface area (Å²) < 4.78 is 29.3. The fraction of sp³-hybridized carbons (Fsp3) is 0.286. The van der Waals surface area contributed by atoms with Crippen LogP contribution in [0.15, 0.2) is 94.3 Å². The maximum atomic E-state index is 13.8. The molecule has 0 aliphatic rings. The lowest BCUT2D eigenvalue weighted by Gasteiger charge is -2.32. The van der Waals surface area contributed by atoms with Crippen LogP contribution in [0.1, 0.15) is 26.3 Å². The molecule has 1 N–H and O–H groups in total. The van der Waals surface area contributed by atoms with Gasteiger partial charge in [-0.1, -0.05) is 78.3 Å². The molecule has 0 heterocycles. The van der Waals surface area contributed by atoms with Gasteiger partial charge in [0.2, 0.25) is 11.8 Å². The first-order chi connectivity index (χ1) is 17.6. The number of carbonyl (C=O) groups excluding carboxylic acids is 2. The average molecular weight is 587 g/mol. The SMILES string of the molecule is CC(C)CNC(=O)[C@H](C)N(Cc1ccc(Br)cc1)C(=O)CN(c1ccccc1)S(=O)(=O)c1ccccc1. The topological polar surface area (TPSA) is 86.8 Å². The molecule has 2 amide bonds. The summed E-state index contributed by atoms with van der Waals surface area (Å²) in [6, 6.07) is 23.1. The first kappa shape index (κ1) is 28.4. The zero-order valence-electron chi connectivity index (χ0n) is 21.2. The minimum absolute atomic E-state index is 0.0776. The third-order valence-electron chi connectivity index (χ3n) is 5.77. The van der Waals surface area contributed by atoms with Crippen LogP contribution in [0.3, 0.4) is 0 Å². The van der Waals surface area contributed by atoms with E-state index in [2.05, 4.69) is 21.2 Å². The molecule has 0 aliphatic carbocycles. The minimum Gasteiger partial charge on any atom is -0.354 e. The molecule has 0 fully saturated rings. The summed E-state index contributed by atoms with van der Waals surface area (Å²) in [7, 11) is -4.05. The van der Waals surface area contributed by atoms with E-state index in [0.29, 0.717) is 12.2 Å². The van der Waals surface area contributed by atoms with E-state index in [-0.39, 0.29) is 23.3 Å². The predicted octanol–water partition coefficient (Wildman–Crippen LogP) is 4.83. The van der Waals surface area contributed by atoms with Gasteiger partial charge in [-0.05, 0) is 54.8 Å². The Bertz CT molecular complexity index is 1280. The number of carbonyl (C=O) groups is 2. The second-order valence-electron chi connectivity index (χ2n) is 9.12. The molecule has 0 bridgehead atoms. The van der Waals surface area contributed by atoms with Crippen molar-refractivity contribution in [3.8, 4) is 0 Å². The van der Waals surface area contributed by atoms with Crippen LogP contribution in [0.4, 0.5) is 5.69 Å². The Labute approximate surface area is 227 Å². The highest BCUT2D eigenvalue weighted by Crippen LogP contribution is 2.24. The van der Waals surface area contributed by atoms with E-state index in [1.165, 1.54) is 17.0 Å². The van der Waals surface area contributed by atoms with Crippen LogP contribution in [-0.2, 0) is 26.2 Å². The third-order valence-corrected chi connectivity index (χ3v) is 8.09. The lowest BCUT2D eigenvalue weighted by molar-refractivity contribution is -0.139. The molecule has 3 aromatic carbocycles. The van der Waals surface area contributed by atoms with Crippen LogP contribution >= 0.6 is 15.9 Å². The van der Waals surface area contributed by atoms with Crippen LogP contribution in [0.2, 0.25) is 0 Å². The maximum absolute atomic E-state index is 13.8. The van der Waals surface area contributed by atoms with Crippen LogP contribution in [0.25, 0.3) is 0 Å². The summed E-state index contributed by atoms with van der Waals surface area (Å²) in [5.41, 5.74) is 1.18. The molecule has 0 radical (unpaired) electrons. The van der Waals surface area contributed by atoms with Gasteiger partial charge in [0.15, 0.2) is 0 Å². The zero-order chi connectivity index (χ0) is 27.0. The Morgan fingerprint density at radius 3 is 2.00 bits per heavy atom. The second kappa shape index (κ2) is 12.9. The van der Waals surface area contributed by atoms with Crippen molar-refractivity contribution in [3.63, 3.8) is 0 Å². The highest BCUT2D eigenvalue weighted by atomic mass is 79.9. The lowest BCUT2D eigenvalue weighted by atomic mass is 10.1. The number of nitrogens with one attached hydrogen (secondary N) is 1. The molecule has 0 aliphatic heterocycles. The molecule has 0 saturated carbocycles. The number of halogens is 1. The predicted molar refractivity (Wildman–Crippen MR) is 149 cm³/mol. The van der Waals surface area contributed by atoms with Crippen LogP contribution in [0.5, 0.6) is 0 Å². The van der Waals surface area contributed by atoms with Gasteiger partial charge in [-0.25, -0.2) is 8.42 Å². The number of sulfonamides is 1. The maximum Gasteiger partial charge on any atom is 0.264 e. The number of amides is 2. The van der Waals surface area contributed by atoms with Gasteiger partial charge in [0.05, 0.1) is 10.6 Å². The summed E-state index contributed by atoms with van der Waals surface area (Å²) in [5, 5.41) is 2.88. The number of hydrogen-bond donors (Lipinski definition) is 1. The van der Waals surface area contributed by atoms with Crippen LogP contribution < -0.4 is 9.62 Å². The molecule has 37 heavy (non-hydrogen) atoms. The molecule has 1 atom stereocenters. The number of para-hydroxylation sites is 1. The van der Waals surface area contributed by atoms with E-state index in [4.69, 9.17) is 0 Å². The lowest BCUT2D eigenvalue weighted by Crippen LogP contribution is -2.51. The third kappa shape index (κ3) is 7.66. The standard InChI is InChI=1S/C28H32BrN3O4S/c1-21(2)18-30-28(34)22(3)31(19-23-14-16-24(29)17-15-23)27(33)20-32(25-10-6-4-7-11-25)37(35,36)26-12-8-5-9-13-26/h4-17,21-22H,18-20H2,1-3H3,(H,30,34)/t22-/m0/s1. The summed E-state index contributed by atoms with van der Waals surface area (Å²) in [5.74, 6) is -0.536. The molecule has 0 saturated heterocycles. The average Bonchev–Trinajstić information content (AvgIpc) is 2.90. The minimum atomic E-state index is -4.05. The Balaban J connectivity index is 1.96. The van der Waals surface area contributed by atoms with Gasteiger partial charge in [-0.15, -0.1) is 0 Å². The molecule has 0 unspecified atom stereocenters. The number of rotatable bonds is 11. The van der Waals surface area contributed by atoms with Crippen molar-refractivity contribution in [1.82, 2.24) is 10.2 Å². The fourth-order valence-corrected chi connectivity index (χ4v) is 5.36. The normalized spacial score (nSPS) is 12.1. The monoisotopic (exact) mass is 585 g/mol. The number of benzene rings is 3. The van der Waals surface area contributed by atoms with Gasteiger partial charge in [0.25, 0.3) is 10.0 Å². The van der Waals surface area contributed by atoms with E-state index in [9.17, 15) is 18.0 Å². The van der Waals surface area contributed by atoms with Crippen molar-refractivity contribution in [3.05, 3.63) is 95.0 Å².